The first-order valence-corrected chi connectivity index (χ1v) is 7.23. The molecule has 1 aromatic carbocycles. The summed E-state index contributed by atoms with van der Waals surface area (Å²) in [7, 11) is 3.27. The quantitative estimate of drug-likeness (QED) is 0.871. The van der Waals surface area contributed by atoms with Crippen molar-refractivity contribution in [2.75, 3.05) is 19.5 Å². The van der Waals surface area contributed by atoms with Crippen molar-refractivity contribution in [3.63, 3.8) is 0 Å². The van der Waals surface area contributed by atoms with Crippen LogP contribution in [0.3, 0.4) is 0 Å². The van der Waals surface area contributed by atoms with Gasteiger partial charge in [-0.1, -0.05) is 24.9 Å². The van der Waals surface area contributed by atoms with Crippen molar-refractivity contribution in [2.24, 2.45) is 5.92 Å². The lowest BCUT2D eigenvalue weighted by molar-refractivity contribution is 0.395. The van der Waals surface area contributed by atoms with Gasteiger partial charge in [-0.3, -0.25) is 0 Å². The normalized spacial score (nSPS) is 22.3. The molecule has 0 bridgehead atoms. The van der Waals surface area contributed by atoms with Gasteiger partial charge in [0.05, 0.1) is 24.9 Å². The van der Waals surface area contributed by atoms with Crippen molar-refractivity contribution in [2.45, 2.75) is 38.6 Å². The Bertz CT molecular complexity index is 436. The summed E-state index contributed by atoms with van der Waals surface area (Å²) in [4.78, 5) is 0. The van der Waals surface area contributed by atoms with Crippen LogP contribution in [-0.4, -0.2) is 20.3 Å². The van der Waals surface area contributed by atoms with E-state index in [0.29, 0.717) is 16.8 Å². The zero-order chi connectivity index (χ0) is 13.8. The molecule has 3 nitrogen and oxygen atoms in total. The molecule has 0 heterocycles. The summed E-state index contributed by atoms with van der Waals surface area (Å²) in [5.74, 6) is 2.26. The van der Waals surface area contributed by atoms with E-state index in [1.54, 1.807) is 14.2 Å². The molecule has 2 atom stereocenters. The smallest absolute Gasteiger partial charge is 0.145 e. The van der Waals surface area contributed by atoms with Crippen molar-refractivity contribution in [1.29, 1.82) is 0 Å². The van der Waals surface area contributed by atoms with Crippen LogP contribution >= 0.6 is 11.6 Å². The van der Waals surface area contributed by atoms with Crippen LogP contribution in [0, 0.1) is 5.92 Å². The van der Waals surface area contributed by atoms with E-state index >= 15 is 0 Å². The van der Waals surface area contributed by atoms with Gasteiger partial charge in [-0.15, -0.1) is 0 Å². The number of benzene rings is 1. The van der Waals surface area contributed by atoms with Gasteiger partial charge >= 0.3 is 0 Å². The lowest BCUT2D eigenvalue weighted by Crippen LogP contribution is -2.16. The average Bonchev–Trinajstić information content (AvgIpc) is 2.87. The first kappa shape index (κ1) is 14.3. The molecule has 0 aliphatic heterocycles. The second-order valence-electron chi connectivity index (χ2n) is 5.12. The Balaban J connectivity index is 2.13. The minimum atomic E-state index is 0.517. The Labute approximate surface area is 120 Å². The van der Waals surface area contributed by atoms with Gasteiger partial charge in [0.15, 0.2) is 0 Å². The molecule has 1 aliphatic carbocycles. The van der Waals surface area contributed by atoms with E-state index in [9.17, 15) is 0 Å². The van der Waals surface area contributed by atoms with E-state index in [1.165, 1.54) is 25.7 Å². The molecule has 0 saturated heterocycles. The lowest BCUT2D eigenvalue weighted by atomic mass is 10.1. The molecule has 0 radical (unpaired) electrons. The van der Waals surface area contributed by atoms with E-state index in [4.69, 9.17) is 21.1 Å². The van der Waals surface area contributed by atoms with Gasteiger partial charge in [0.25, 0.3) is 0 Å². The molecule has 0 amide bonds. The second-order valence-corrected chi connectivity index (χ2v) is 5.52. The Morgan fingerprint density at radius 3 is 2.53 bits per heavy atom. The highest BCUT2D eigenvalue weighted by Gasteiger charge is 2.24. The largest absolute Gasteiger partial charge is 0.495 e. The van der Waals surface area contributed by atoms with Crippen LogP contribution in [-0.2, 0) is 0 Å². The number of hydrogen-bond acceptors (Lipinski definition) is 3. The number of hydrogen-bond donors (Lipinski definition) is 1. The molecule has 2 rings (SSSR count). The lowest BCUT2D eigenvalue weighted by Gasteiger charge is -2.18. The number of ether oxygens (including phenoxy) is 2. The van der Waals surface area contributed by atoms with Crippen LogP contribution in [0.5, 0.6) is 11.5 Å². The van der Waals surface area contributed by atoms with Crippen LogP contribution in [0.1, 0.15) is 32.6 Å². The molecule has 106 valence electrons. The Morgan fingerprint density at radius 1 is 1.21 bits per heavy atom. The van der Waals surface area contributed by atoms with Crippen LogP contribution in [0.15, 0.2) is 12.1 Å². The molecule has 2 unspecified atom stereocenters. The summed E-state index contributed by atoms with van der Waals surface area (Å²) in [6.07, 6.45) is 5.01. The number of rotatable bonds is 5. The Morgan fingerprint density at radius 2 is 1.95 bits per heavy atom. The SMILES string of the molecule is CCC1CCC(Nc2cc(Cl)c(OC)cc2OC)C1. The third-order valence-electron chi connectivity index (χ3n) is 3.95. The van der Waals surface area contributed by atoms with Gasteiger partial charge in [-0.2, -0.15) is 0 Å². The molecule has 19 heavy (non-hydrogen) atoms. The summed E-state index contributed by atoms with van der Waals surface area (Å²) >= 11 is 6.18. The molecule has 1 N–H and O–H groups in total. The van der Waals surface area contributed by atoms with Gasteiger partial charge in [0.1, 0.15) is 11.5 Å². The first-order chi connectivity index (χ1) is 9.17. The maximum atomic E-state index is 6.18. The fourth-order valence-electron chi connectivity index (χ4n) is 2.77. The predicted molar refractivity (Wildman–Crippen MR) is 79.6 cm³/mol. The minimum Gasteiger partial charge on any atom is -0.495 e. The van der Waals surface area contributed by atoms with E-state index in [-0.39, 0.29) is 0 Å². The van der Waals surface area contributed by atoms with E-state index in [0.717, 1.165) is 17.4 Å². The molecule has 4 heteroatoms. The highest BCUT2D eigenvalue weighted by Crippen LogP contribution is 2.38. The van der Waals surface area contributed by atoms with E-state index in [1.807, 2.05) is 12.1 Å². The van der Waals surface area contributed by atoms with Crippen molar-refractivity contribution in [3.05, 3.63) is 17.2 Å². The zero-order valence-electron chi connectivity index (χ0n) is 11.8. The summed E-state index contributed by atoms with van der Waals surface area (Å²) in [5.41, 5.74) is 0.954. The molecule has 1 saturated carbocycles. The van der Waals surface area contributed by atoms with Crippen LogP contribution in [0.25, 0.3) is 0 Å². The topological polar surface area (TPSA) is 30.5 Å². The summed E-state index contributed by atoms with van der Waals surface area (Å²) in [6, 6.07) is 4.23. The van der Waals surface area contributed by atoms with Crippen molar-refractivity contribution in [1.82, 2.24) is 0 Å². The van der Waals surface area contributed by atoms with Crippen LogP contribution < -0.4 is 14.8 Å². The molecule has 1 aromatic rings. The second kappa shape index (κ2) is 6.38. The number of anilines is 1. The van der Waals surface area contributed by atoms with Gasteiger partial charge < -0.3 is 14.8 Å². The van der Waals surface area contributed by atoms with Gasteiger partial charge in [0, 0.05) is 12.1 Å². The first-order valence-electron chi connectivity index (χ1n) is 6.86. The summed E-state index contributed by atoms with van der Waals surface area (Å²) in [6.45, 7) is 2.26. The molecule has 0 aromatic heterocycles. The monoisotopic (exact) mass is 283 g/mol. The number of methoxy groups -OCH3 is 2. The van der Waals surface area contributed by atoms with Gasteiger partial charge in [-0.25, -0.2) is 0 Å². The van der Waals surface area contributed by atoms with E-state index in [2.05, 4.69) is 12.2 Å². The fourth-order valence-corrected chi connectivity index (χ4v) is 3.01. The maximum Gasteiger partial charge on any atom is 0.145 e. The maximum absolute atomic E-state index is 6.18. The molecular formula is C15H22ClNO2. The standard InChI is InChI=1S/C15H22ClNO2/c1-4-10-5-6-11(7-10)17-13-8-12(16)14(18-2)9-15(13)19-3/h8-11,17H,4-7H2,1-3H3. The fraction of sp³-hybridized carbons (Fsp3) is 0.600. The summed E-state index contributed by atoms with van der Waals surface area (Å²) < 4.78 is 10.6. The highest BCUT2D eigenvalue weighted by atomic mass is 35.5. The number of halogens is 1. The highest BCUT2D eigenvalue weighted by molar-refractivity contribution is 6.32. The molecule has 1 aliphatic rings. The summed E-state index contributed by atoms with van der Waals surface area (Å²) in [5, 5.41) is 4.16. The predicted octanol–water partition coefficient (Wildman–Crippen LogP) is 4.35. The van der Waals surface area contributed by atoms with E-state index < -0.39 is 0 Å². The van der Waals surface area contributed by atoms with Gasteiger partial charge in [-0.05, 0) is 31.2 Å². The molecule has 1 fully saturated rings. The third-order valence-corrected chi connectivity index (χ3v) is 4.25. The van der Waals surface area contributed by atoms with Crippen molar-refractivity contribution < 1.29 is 9.47 Å². The van der Waals surface area contributed by atoms with Gasteiger partial charge in [0.2, 0.25) is 0 Å². The Hall–Kier alpha value is -1.09. The zero-order valence-corrected chi connectivity index (χ0v) is 12.6. The minimum absolute atomic E-state index is 0.517. The third kappa shape index (κ3) is 3.27. The Kier molecular flexibility index (Phi) is 4.81. The molecule has 0 spiro atoms. The van der Waals surface area contributed by atoms with Crippen molar-refractivity contribution >= 4 is 17.3 Å². The van der Waals surface area contributed by atoms with Crippen molar-refractivity contribution in [3.8, 4) is 11.5 Å². The van der Waals surface area contributed by atoms with Crippen LogP contribution in [0.2, 0.25) is 5.02 Å². The number of nitrogens with one attached hydrogen (secondary N) is 1. The van der Waals surface area contributed by atoms with Crippen LogP contribution in [0.4, 0.5) is 5.69 Å². The molecular weight excluding hydrogens is 262 g/mol. The average molecular weight is 284 g/mol.